The highest BCUT2D eigenvalue weighted by Crippen LogP contribution is 2.22. The molecule has 3 rings (SSSR count). The zero-order valence-electron chi connectivity index (χ0n) is 17.5. The van der Waals surface area contributed by atoms with Crippen molar-refractivity contribution in [1.82, 2.24) is 14.7 Å². The van der Waals surface area contributed by atoms with Crippen LogP contribution < -0.4 is 5.32 Å². The molecule has 0 bridgehead atoms. The lowest BCUT2D eigenvalue weighted by Gasteiger charge is -2.18. The average molecular weight is 390 g/mol. The number of amides is 2. The largest absolute Gasteiger partial charge is 0.332 e. The highest BCUT2D eigenvalue weighted by atomic mass is 16.2. The number of nitrogens with zero attached hydrogens (tertiary/aromatic N) is 3. The minimum Gasteiger partial charge on any atom is -0.332 e. The lowest BCUT2D eigenvalue weighted by Crippen LogP contribution is -2.35. The number of hydrogen-bond acceptors (Lipinski definition) is 3. The second-order valence-electron chi connectivity index (χ2n) is 7.37. The van der Waals surface area contributed by atoms with Crippen LogP contribution in [0, 0.1) is 27.7 Å². The van der Waals surface area contributed by atoms with Crippen molar-refractivity contribution in [3.63, 3.8) is 0 Å². The van der Waals surface area contributed by atoms with E-state index in [4.69, 9.17) is 0 Å². The lowest BCUT2D eigenvalue weighted by molar-refractivity contribution is -0.116. The van der Waals surface area contributed by atoms with Gasteiger partial charge in [0.2, 0.25) is 5.91 Å². The summed E-state index contributed by atoms with van der Waals surface area (Å²) in [6, 6.07) is 13.7. The predicted octanol–water partition coefficient (Wildman–Crippen LogP) is 3.82. The summed E-state index contributed by atoms with van der Waals surface area (Å²) in [6.07, 6.45) is 1.55. The first-order chi connectivity index (χ1) is 13.8. The van der Waals surface area contributed by atoms with Gasteiger partial charge in [-0.25, -0.2) is 4.68 Å². The highest BCUT2D eigenvalue weighted by molar-refractivity contribution is 6.00. The molecule has 0 spiro atoms. The Bertz CT molecular complexity index is 1030. The van der Waals surface area contributed by atoms with Crippen LogP contribution in [0.3, 0.4) is 0 Å². The zero-order chi connectivity index (χ0) is 21.1. The lowest BCUT2D eigenvalue weighted by atomic mass is 10.1. The fourth-order valence-corrected chi connectivity index (χ4v) is 3.50. The first kappa shape index (κ1) is 20.3. The average Bonchev–Trinajstić information content (AvgIpc) is 3.06. The predicted molar refractivity (Wildman–Crippen MR) is 115 cm³/mol. The second-order valence-corrected chi connectivity index (χ2v) is 7.37. The minimum absolute atomic E-state index is 0.0401. The summed E-state index contributed by atoms with van der Waals surface area (Å²) < 4.78 is 1.72. The topological polar surface area (TPSA) is 67.2 Å². The third kappa shape index (κ3) is 4.37. The Morgan fingerprint density at radius 3 is 2.28 bits per heavy atom. The summed E-state index contributed by atoms with van der Waals surface area (Å²) in [7, 11) is 1.62. The Kier molecular flexibility index (Phi) is 5.82. The van der Waals surface area contributed by atoms with E-state index in [1.807, 2.05) is 70.2 Å². The van der Waals surface area contributed by atoms with Gasteiger partial charge >= 0.3 is 0 Å². The molecule has 29 heavy (non-hydrogen) atoms. The van der Waals surface area contributed by atoms with Crippen molar-refractivity contribution in [3.05, 3.63) is 76.6 Å². The number of carbonyl (C=O) groups excluding carboxylic acids is 2. The number of benzene rings is 2. The summed E-state index contributed by atoms with van der Waals surface area (Å²) in [5, 5.41) is 7.27. The highest BCUT2D eigenvalue weighted by Gasteiger charge is 2.21. The number of anilines is 1. The number of aryl methyl sites for hydroxylation is 3. The Balaban J connectivity index is 1.71. The Morgan fingerprint density at radius 2 is 1.66 bits per heavy atom. The third-order valence-electron chi connectivity index (χ3n) is 4.91. The van der Waals surface area contributed by atoms with E-state index in [2.05, 4.69) is 10.4 Å². The van der Waals surface area contributed by atoms with Crippen LogP contribution in [0.2, 0.25) is 0 Å². The summed E-state index contributed by atoms with van der Waals surface area (Å²) in [6.45, 7) is 7.76. The van der Waals surface area contributed by atoms with Gasteiger partial charge in [0.15, 0.2) is 0 Å². The molecule has 2 aromatic carbocycles. The summed E-state index contributed by atoms with van der Waals surface area (Å²) in [5.41, 5.74) is 6.06. The van der Waals surface area contributed by atoms with E-state index in [1.54, 1.807) is 17.9 Å². The Labute approximate surface area is 171 Å². The van der Waals surface area contributed by atoms with Crippen molar-refractivity contribution in [3.8, 4) is 5.69 Å². The molecular weight excluding hydrogens is 364 g/mol. The molecule has 0 fully saturated rings. The zero-order valence-corrected chi connectivity index (χ0v) is 17.5. The van der Waals surface area contributed by atoms with Crippen molar-refractivity contribution in [2.75, 3.05) is 18.9 Å². The van der Waals surface area contributed by atoms with Gasteiger partial charge in [-0.2, -0.15) is 5.10 Å². The van der Waals surface area contributed by atoms with Gasteiger partial charge in [0.05, 0.1) is 29.7 Å². The molecule has 6 nitrogen and oxygen atoms in total. The molecule has 0 aliphatic carbocycles. The normalized spacial score (nSPS) is 10.7. The van der Waals surface area contributed by atoms with E-state index in [0.717, 1.165) is 33.8 Å². The van der Waals surface area contributed by atoms with Gasteiger partial charge in [-0.3, -0.25) is 9.59 Å². The molecule has 0 unspecified atom stereocenters. The van der Waals surface area contributed by atoms with Crippen molar-refractivity contribution in [2.45, 2.75) is 27.7 Å². The van der Waals surface area contributed by atoms with Gasteiger partial charge in [0.25, 0.3) is 5.91 Å². The van der Waals surface area contributed by atoms with E-state index < -0.39 is 0 Å². The maximum Gasteiger partial charge on any atom is 0.257 e. The maximum absolute atomic E-state index is 12.9. The number of aromatic nitrogens is 2. The number of para-hydroxylation sites is 1. The molecule has 1 heterocycles. The van der Waals surface area contributed by atoms with Crippen LogP contribution in [0.15, 0.2) is 48.7 Å². The second kappa shape index (κ2) is 8.31. The molecular formula is C23H26N4O2. The van der Waals surface area contributed by atoms with Crippen LogP contribution in [0.25, 0.3) is 5.69 Å². The van der Waals surface area contributed by atoms with Gasteiger partial charge in [-0.15, -0.1) is 0 Å². The Hall–Kier alpha value is -3.41. The molecule has 0 atom stereocenters. The van der Waals surface area contributed by atoms with Gasteiger partial charge in [-0.1, -0.05) is 35.9 Å². The van der Waals surface area contributed by atoms with Crippen molar-refractivity contribution in [2.24, 2.45) is 0 Å². The molecule has 0 aliphatic rings. The fraction of sp³-hybridized carbons (Fsp3) is 0.261. The summed E-state index contributed by atoms with van der Waals surface area (Å²) in [4.78, 5) is 26.8. The number of hydrogen-bond donors (Lipinski definition) is 1. The molecule has 3 aromatic rings. The summed E-state index contributed by atoms with van der Waals surface area (Å²) in [5.74, 6) is -0.471. The van der Waals surface area contributed by atoms with E-state index in [0.29, 0.717) is 5.56 Å². The van der Waals surface area contributed by atoms with Crippen molar-refractivity contribution in [1.29, 1.82) is 0 Å². The van der Waals surface area contributed by atoms with Gasteiger partial charge in [0, 0.05) is 12.7 Å². The first-order valence-corrected chi connectivity index (χ1v) is 9.51. The smallest absolute Gasteiger partial charge is 0.257 e. The molecule has 1 aromatic heterocycles. The van der Waals surface area contributed by atoms with Crippen LogP contribution in [-0.4, -0.2) is 40.1 Å². The molecule has 2 amide bonds. The van der Waals surface area contributed by atoms with Crippen LogP contribution >= 0.6 is 0 Å². The molecule has 150 valence electrons. The maximum atomic E-state index is 12.9. The van der Waals surface area contributed by atoms with E-state index in [-0.39, 0.29) is 18.4 Å². The quantitative estimate of drug-likeness (QED) is 0.720. The third-order valence-corrected chi connectivity index (χ3v) is 4.91. The first-order valence-electron chi connectivity index (χ1n) is 9.51. The van der Waals surface area contributed by atoms with Crippen molar-refractivity contribution >= 4 is 17.5 Å². The van der Waals surface area contributed by atoms with Crippen LogP contribution in [-0.2, 0) is 4.79 Å². The Morgan fingerprint density at radius 1 is 1.03 bits per heavy atom. The van der Waals surface area contributed by atoms with Crippen LogP contribution in [0.5, 0.6) is 0 Å². The molecule has 1 N–H and O–H groups in total. The van der Waals surface area contributed by atoms with Gasteiger partial charge in [-0.05, 0) is 51.0 Å². The number of nitrogens with one attached hydrogen (secondary N) is 1. The molecule has 0 saturated heterocycles. The van der Waals surface area contributed by atoms with Crippen LogP contribution in [0.4, 0.5) is 5.69 Å². The SMILES string of the molecule is Cc1cc(C)c(NC(=O)CN(C)C(=O)c2cnn(-c3ccccc3)c2C)c(C)c1. The number of likely N-dealkylation sites (N-methyl/N-ethyl adjacent to an activating group) is 1. The van der Waals surface area contributed by atoms with Gasteiger partial charge < -0.3 is 10.2 Å². The van der Waals surface area contributed by atoms with E-state index in [1.165, 1.54) is 4.90 Å². The minimum atomic E-state index is -0.239. The molecule has 0 radical (unpaired) electrons. The van der Waals surface area contributed by atoms with Crippen LogP contribution in [0.1, 0.15) is 32.7 Å². The van der Waals surface area contributed by atoms with Gasteiger partial charge in [0.1, 0.15) is 0 Å². The fourth-order valence-electron chi connectivity index (χ4n) is 3.50. The summed E-state index contributed by atoms with van der Waals surface area (Å²) >= 11 is 0. The number of rotatable bonds is 5. The molecule has 0 saturated carbocycles. The standard InChI is InChI=1S/C23H26N4O2/c1-15-11-16(2)22(17(3)12-15)25-21(28)14-26(5)23(29)20-13-24-27(18(20)4)19-9-7-6-8-10-19/h6-13H,14H2,1-5H3,(H,25,28). The number of carbonyl (C=O) groups is 2. The molecule has 6 heteroatoms. The monoisotopic (exact) mass is 390 g/mol. The van der Waals surface area contributed by atoms with E-state index in [9.17, 15) is 9.59 Å². The molecule has 0 aliphatic heterocycles. The van der Waals surface area contributed by atoms with E-state index >= 15 is 0 Å². The van der Waals surface area contributed by atoms with Crippen molar-refractivity contribution < 1.29 is 9.59 Å².